The molecule has 2 aromatic carbocycles. The number of benzene rings is 2. The van der Waals surface area contributed by atoms with Crippen molar-refractivity contribution in [3.05, 3.63) is 47.5 Å². The summed E-state index contributed by atoms with van der Waals surface area (Å²) in [5.41, 5.74) is 0.682. The van der Waals surface area contributed by atoms with E-state index in [-0.39, 0.29) is 34.5 Å². The number of carbonyl (C=O) groups is 3. The van der Waals surface area contributed by atoms with E-state index in [4.69, 9.17) is 47.4 Å². The first-order valence-corrected chi connectivity index (χ1v) is 16.7. The van der Waals surface area contributed by atoms with Gasteiger partial charge in [-0.25, -0.2) is 9.59 Å². The van der Waals surface area contributed by atoms with Crippen molar-refractivity contribution in [2.24, 2.45) is 0 Å². The number of carbonyl (C=O) groups excluding carboxylic acids is 3. The summed E-state index contributed by atoms with van der Waals surface area (Å²) in [4.78, 5) is 37.7. The van der Waals surface area contributed by atoms with Crippen LogP contribution in [0.2, 0.25) is 0 Å². The highest BCUT2D eigenvalue weighted by molar-refractivity contribution is 5.88. The molecule has 2 aliphatic heterocycles. The third-order valence-corrected chi connectivity index (χ3v) is 8.60. The Labute approximate surface area is 319 Å². The van der Waals surface area contributed by atoms with Gasteiger partial charge in [-0.15, -0.1) is 0 Å². The van der Waals surface area contributed by atoms with Crippen LogP contribution in [-0.4, -0.2) is 157 Å². The Hall–Kier alpha value is -5.19. The molecule has 20 heteroatoms. The fraction of sp³-hybridized carbons (Fsp3) is 0.472. The zero-order valence-electron chi connectivity index (χ0n) is 30.8. The number of ether oxygens (including phenoxy) is 10. The van der Waals surface area contributed by atoms with Gasteiger partial charge in [0.1, 0.15) is 43.7 Å². The largest absolute Gasteiger partial charge is 0.502 e. The highest BCUT2D eigenvalue weighted by Crippen LogP contribution is 2.40. The van der Waals surface area contributed by atoms with Crippen LogP contribution in [0.1, 0.15) is 18.1 Å². The molecule has 2 aliphatic rings. The van der Waals surface area contributed by atoms with Gasteiger partial charge in [0, 0.05) is 19.1 Å². The summed E-state index contributed by atoms with van der Waals surface area (Å²) in [6, 6.07) is 5.58. The third kappa shape index (κ3) is 9.78. The Bertz CT molecular complexity index is 1710. The average molecular weight is 797 g/mol. The van der Waals surface area contributed by atoms with Gasteiger partial charge in [0.15, 0.2) is 41.5 Å². The zero-order valence-corrected chi connectivity index (χ0v) is 30.8. The molecular formula is C36H44O20. The number of aliphatic hydroxyl groups is 5. The molecule has 0 radical (unpaired) electrons. The molecule has 0 aromatic heterocycles. The highest BCUT2D eigenvalue weighted by Gasteiger charge is 2.61. The molecule has 2 aromatic rings. The predicted octanol–water partition coefficient (Wildman–Crippen LogP) is -0.851. The summed E-state index contributed by atoms with van der Waals surface area (Å²) in [5.74, 6) is -5.95. The van der Waals surface area contributed by atoms with E-state index in [1.165, 1.54) is 64.9 Å². The van der Waals surface area contributed by atoms with E-state index in [1.807, 2.05) is 0 Å². The summed E-state index contributed by atoms with van der Waals surface area (Å²) in [6.45, 7) is -1.77. The summed E-state index contributed by atoms with van der Waals surface area (Å²) in [5, 5.41) is 73.9. The second-order valence-electron chi connectivity index (χ2n) is 12.2. The molecule has 20 nitrogen and oxygen atoms in total. The van der Waals surface area contributed by atoms with Crippen LogP contribution in [0.5, 0.6) is 34.5 Å². The molecule has 0 amide bonds. The van der Waals surface area contributed by atoms with Gasteiger partial charge in [0.2, 0.25) is 17.3 Å². The molecule has 2 heterocycles. The van der Waals surface area contributed by atoms with E-state index in [0.29, 0.717) is 11.1 Å². The van der Waals surface area contributed by atoms with E-state index in [1.54, 1.807) is 0 Å². The Morgan fingerprint density at radius 2 is 1.23 bits per heavy atom. The normalized spacial score (nSPS) is 27.5. The van der Waals surface area contributed by atoms with E-state index in [2.05, 4.69) is 0 Å². The number of aromatic hydroxyl groups is 2. The van der Waals surface area contributed by atoms with Crippen LogP contribution < -0.4 is 18.9 Å². The molecule has 4 rings (SSSR count). The molecule has 2 fully saturated rings. The maximum absolute atomic E-state index is 13.1. The lowest BCUT2D eigenvalue weighted by atomic mass is 9.98. The van der Waals surface area contributed by atoms with Gasteiger partial charge in [-0.2, -0.15) is 0 Å². The number of hydrogen-bond acceptors (Lipinski definition) is 20. The Balaban J connectivity index is 1.55. The maximum atomic E-state index is 13.1. The van der Waals surface area contributed by atoms with Gasteiger partial charge in [-0.05, 0) is 47.5 Å². The van der Waals surface area contributed by atoms with Crippen molar-refractivity contribution in [3.8, 4) is 34.5 Å². The summed E-state index contributed by atoms with van der Waals surface area (Å²) >= 11 is 0. The quantitative estimate of drug-likeness (QED) is 0.0619. The molecule has 9 atom stereocenters. The Morgan fingerprint density at radius 3 is 1.68 bits per heavy atom. The van der Waals surface area contributed by atoms with Crippen LogP contribution in [0.4, 0.5) is 0 Å². The van der Waals surface area contributed by atoms with Crippen molar-refractivity contribution < 1.29 is 97.5 Å². The van der Waals surface area contributed by atoms with Gasteiger partial charge in [-0.3, -0.25) is 4.79 Å². The summed E-state index contributed by atoms with van der Waals surface area (Å²) in [6.07, 6.45) is -9.96. The van der Waals surface area contributed by atoms with Crippen molar-refractivity contribution in [2.75, 3.05) is 48.3 Å². The second kappa shape index (κ2) is 19.1. The van der Waals surface area contributed by atoms with Crippen molar-refractivity contribution in [2.45, 2.75) is 61.7 Å². The fourth-order valence-electron chi connectivity index (χ4n) is 5.80. The van der Waals surface area contributed by atoms with Crippen LogP contribution in [0, 0.1) is 0 Å². The van der Waals surface area contributed by atoms with Crippen molar-refractivity contribution in [3.63, 3.8) is 0 Å². The van der Waals surface area contributed by atoms with Crippen LogP contribution in [0.3, 0.4) is 0 Å². The van der Waals surface area contributed by atoms with Crippen LogP contribution >= 0.6 is 0 Å². The van der Waals surface area contributed by atoms with Gasteiger partial charge < -0.3 is 83.1 Å². The minimum Gasteiger partial charge on any atom is -0.502 e. The third-order valence-electron chi connectivity index (χ3n) is 8.60. The lowest BCUT2D eigenvalue weighted by Crippen LogP contribution is -2.64. The lowest BCUT2D eigenvalue weighted by Gasteiger charge is -2.44. The van der Waals surface area contributed by atoms with Gasteiger partial charge >= 0.3 is 17.9 Å². The highest BCUT2D eigenvalue weighted by atomic mass is 16.8. The van der Waals surface area contributed by atoms with Crippen molar-refractivity contribution in [1.82, 2.24) is 0 Å². The zero-order chi connectivity index (χ0) is 41.3. The van der Waals surface area contributed by atoms with Crippen molar-refractivity contribution >= 4 is 30.1 Å². The minimum atomic E-state index is -2.55. The van der Waals surface area contributed by atoms with Gasteiger partial charge in [0.05, 0.1) is 35.0 Å². The minimum absolute atomic E-state index is 0.0272. The first-order valence-electron chi connectivity index (χ1n) is 16.7. The van der Waals surface area contributed by atoms with Crippen LogP contribution in [0.15, 0.2) is 36.4 Å². The Kier molecular flexibility index (Phi) is 14.9. The van der Waals surface area contributed by atoms with Gasteiger partial charge in [0.25, 0.3) is 0 Å². The maximum Gasteiger partial charge on any atom is 0.331 e. The molecule has 9 unspecified atom stereocenters. The summed E-state index contributed by atoms with van der Waals surface area (Å²) < 4.78 is 53.3. The first kappa shape index (κ1) is 43.5. The molecule has 0 aliphatic carbocycles. The fourth-order valence-corrected chi connectivity index (χ4v) is 5.80. The molecule has 0 spiro atoms. The van der Waals surface area contributed by atoms with Crippen molar-refractivity contribution in [1.29, 1.82) is 0 Å². The number of phenols is 2. The standard InChI is InChI=1S/C36H44O20/c1-17(39)52-33-30(44)25(15-51-26(40)8-6-18-10-20(47-2)28(42)21(11-18)48-3)53-35(32(33)46)56-36(16-38)34(31(45)24(14-37)55-36)54-27(41)9-7-19-12-22(49-4)29(43)23(13-19)50-5/h6-13,24-25,30-35,37-38,42-46H,14-16H2,1-5H3. The monoisotopic (exact) mass is 796 g/mol. The van der Waals surface area contributed by atoms with E-state index < -0.39 is 92.5 Å². The number of rotatable bonds is 16. The van der Waals surface area contributed by atoms with Crippen LogP contribution in [-0.2, 0) is 42.8 Å². The number of esters is 3. The molecule has 7 N–H and O–H groups in total. The number of phenolic OH excluding ortho intramolecular Hbond substituents is 2. The topological polar surface area (TPSA) is 285 Å². The first-order chi connectivity index (χ1) is 26.6. The molecule has 308 valence electrons. The predicted molar refractivity (Wildman–Crippen MR) is 186 cm³/mol. The molecule has 0 bridgehead atoms. The molecule has 56 heavy (non-hydrogen) atoms. The molecule has 0 saturated carbocycles. The number of methoxy groups -OCH3 is 4. The molecular weight excluding hydrogens is 752 g/mol. The Morgan fingerprint density at radius 1 is 0.732 bits per heavy atom. The smallest absolute Gasteiger partial charge is 0.331 e. The van der Waals surface area contributed by atoms with Crippen LogP contribution in [0.25, 0.3) is 12.2 Å². The van der Waals surface area contributed by atoms with Gasteiger partial charge in [-0.1, -0.05) is 0 Å². The van der Waals surface area contributed by atoms with E-state index in [0.717, 1.165) is 19.1 Å². The summed E-state index contributed by atoms with van der Waals surface area (Å²) in [7, 11) is 5.24. The van der Waals surface area contributed by atoms with E-state index >= 15 is 0 Å². The average Bonchev–Trinajstić information content (AvgIpc) is 3.45. The second-order valence-corrected chi connectivity index (χ2v) is 12.2. The molecule has 2 saturated heterocycles. The number of aliphatic hydroxyl groups excluding tert-OH is 5. The van der Waals surface area contributed by atoms with E-state index in [9.17, 15) is 50.1 Å². The number of hydrogen-bond donors (Lipinski definition) is 7. The lowest BCUT2D eigenvalue weighted by molar-refractivity contribution is -0.383. The SMILES string of the molecule is COc1cc(C=CC(=O)OCC2OC(OC3(CO)OC(CO)C(O)C3OC(=O)C=Cc3cc(OC)c(O)c(OC)c3)C(O)C(OC(C)=O)C2O)cc(OC)c1O.